The Morgan fingerprint density at radius 1 is 1.00 bits per heavy atom. The topological polar surface area (TPSA) is 148 Å². The summed E-state index contributed by atoms with van der Waals surface area (Å²) in [6.45, 7) is 3.87. The number of sulfonamides is 1. The Balaban J connectivity index is 1.43. The summed E-state index contributed by atoms with van der Waals surface area (Å²) in [6, 6.07) is 9.17. The number of allylic oxidation sites excluding steroid dienone is 2. The number of nitrogens with zero attached hydrogens (tertiary/aromatic N) is 3. The van der Waals surface area contributed by atoms with Crippen LogP contribution in [-0.4, -0.2) is 80.9 Å². The van der Waals surface area contributed by atoms with E-state index in [0.717, 1.165) is 22.5 Å². The molecule has 1 unspecified atom stereocenters. The molecule has 12 nitrogen and oxygen atoms in total. The van der Waals surface area contributed by atoms with Gasteiger partial charge in [0.15, 0.2) is 0 Å². The second-order valence-corrected chi connectivity index (χ2v) is 12.3. The highest BCUT2D eigenvalue weighted by molar-refractivity contribution is 7.89. The van der Waals surface area contributed by atoms with Crippen LogP contribution in [0.1, 0.15) is 30.9 Å². The SMILES string of the molecule is COC(=O)C1=C(C)NC(C)=C(C(=O)OCCN2CCN(S(=O)(=O)c3cccc(C(F)(F)F)c3)CC2)C1c1cccc([N+](=O)[O-])c1. The van der Waals surface area contributed by atoms with Crippen molar-refractivity contribution in [1.29, 1.82) is 0 Å². The minimum Gasteiger partial charge on any atom is -0.466 e. The number of benzene rings is 2. The summed E-state index contributed by atoms with van der Waals surface area (Å²) in [4.78, 5) is 38.5. The third-order valence-electron chi connectivity index (χ3n) is 7.57. The Bertz CT molecular complexity index is 1670. The number of alkyl halides is 3. The van der Waals surface area contributed by atoms with Crippen molar-refractivity contribution in [2.24, 2.45) is 0 Å². The molecule has 2 aliphatic heterocycles. The van der Waals surface area contributed by atoms with Gasteiger partial charge >= 0.3 is 18.1 Å². The van der Waals surface area contributed by atoms with Gasteiger partial charge in [-0.3, -0.25) is 15.0 Å². The maximum absolute atomic E-state index is 13.4. The number of ether oxygens (including phenoxy) is 2. The molecule has 0 amide bonds. The molecule has 1 N–H and O–H groups in total. The van der Waals surface area contributed by atoms with Crippen LogP contribution in [0.4, 0.5) is 18.9 Å². The van der Waals surface area contributed by atoms with Gasteiger partial charge in [0.05, 0.1) is 39.6 Å². The van der Waals surface area contributed by atoms with Crippen molar-refractivity contribution in [1.82, 2.24) is 14.5 Å². The zero-order valence-corrected chi connectivity index (χ0v) is 25.4. The van der Waals surface area contributed by atoms with E-state index in [1.807, 2.05) is 4.90 Å². The van der Waals surface area contributed by atoms with E-state index in [0.29, 0.717) is 23.0 Å². The highest BCUT2D eigenvalue weighted by atomic mass is 32.2. The zero-order valence-electron chi connectivity index (χ0n) is 24.6. The van der Waals surface area contributed by atoms with Crippen LogP contribution in [0.15, 0.2) is 76.0 Å². The van der Waals surface area contributed by atoms with Crippen molar-refractivity contribution in [3.63, 3.8) is 0 Å². The maximum Gasteiger partial charge on any atom is 0.416 e. The van der Waals surface area contributed by atoms with Crippen molar-refractivity contribution in [3.05, 3.63) is 92.3 Å². The number of nitro benzene ring substituents is 1. The van der Waals surface area contributed by atoms with Gasteiger partial charge in [-0.15, -0.1) is 0 Å². The molecule has 0 radical (unpaired) electrons. The summed E-state index contributed by atoms with van der Waals surface area (Å²) in [5, 5.41) is 14.4. The molecule has 45 heavy (non-hydrogen) atoms. The number of rotatable bonds is 9. The lowest BCUT2D eigenvalue weighted by molar-refractivity contribution is -0.384. The van der Waals surface area contributed by atoms with Crippen LogP contribution in [0.25, 0.3) is 0 Å². The van der Waals surface area contributed by atoms with Crippen molar-refractivity contribution >= 4 is 27.6 Å². The van der Waals surface area contributed by atoms with E-state index in [1.54, 1.807) is 19.9 Å². The predicted molar refractivity (Wildman–Crippen MR) is 154 cm³/mol. The second kappa shape index (κ2) is 13.4. The van der Waals surface area contributed by atoms with E-state index < -0.39 is 49.4 Å². The van der Waals surface area contributed by atoms with Gasteiger partial charge in [-0.2, -0.15) is 17.5 Å². The van der Waals surface area contributed by atoms with Crippen LogP contribution in [0.3, 0.4) is 0 Å². The summed E-state index contributed by atoms with van der Waals surface area (Å²) in [5.41, 5.74) is -0.0189. The maximum atomic E-state index is 13.4. The first-order valence-corrected chi connectivity index (χ1v) is 15.2. The standard InChI is InChI=1S/C29H31F3N4O8S/c1-18-24(27(37)43-3)26(20-6-4-8-22(16-20)36(39)40)25(19(2)33-18)28(38)44-15-14-34-10-12-35(13-11-34)45(41,42)23-9-5-7-21(17-23)29(30,31)32/h4-9,16-17,26,33H,10-15H2,1-3H3. The van der Waals surface area contributed by atoms with E-state index in [-0.39, 0.29) is 56.2 Å². The number of piperazine rings is 1. The summed E-state index contributed by atoms with van der Waals surface area (Å²) in [6.07, 6.45) is -4.68. The molecule has 1 atom stereocenters. The Hall–Kier alpha value is -4.28. The molecule has 0 spiro atoms. The van der Waals surface area contributed by atoms with E-state index in [2.05, 4.69) is 5.32 Å². The predicted octanol–water partition coefficient (Wildman–Crippen LogP) is 3.57. The Kier molecular flexibility index (Phi) is 9.99. The number of nitro groups is 1. The third-order valence-corrected chi connectivity index (χ3v) is 9.47. The van der Waals surface area contributed by atoms with Crippen molar-refractivity contribution in [2.75, 3.05) is 46.4 Å². The van der Waals surface area contributed by atoms with Crippen LogP contribution >= 0.6 is 0 Å². The van der Waals surface area contributed by atoms with Gasteiger partial charge in [0.25, 0.3) is 5.69 Å². The van der Waals surface area contributed by atoms with Crippen molar-refractivity contribution < 1.29 is 45.6 Å². The molecular weight excluding hydrogens is 621 g/mol. The molecular formula is C29H31F3N4O8S. The minimum absolute atomic E-state index is 0.0160. The molecule has 0 bridgehead atoms. The number of dihydropyridines is 1. The first-order valence-electron chi connectivity index (χ1n) is 13.7. The summed E-state index contributed by atoms with van der Waals surface area (Å²) >= 11 is 0. The molecule has 4 rings (SSSR count). The number of non-ortho nitro benzene ring substituents is 1. The van der Waals surface area contributed by atoms with E-state index in [4.69, 9.17) is 9.47 Å². The fraction of sp³-hybridized carbons (Fsp3) is 0.379. The van der Waals surface area contributed by atoms with Gasteiger partial charge in [0.2, 0.25) is 10.0 Å². The van der Waals surface area contributed by atoms with Crippen molar-refractivity contribution in [2.45, 2.75) is 30.8 Å². The quantitative estimate of drug-likeness (QED) is 0.242. The molecule has 2 aromatic rings. The number of esters is 2. The van der Waals surface area contributed by atoms with E-state index >= 15 is 0 Å². The van der Waals surface area contributed by atoms with Gasteiger partial charge in [-0.25, -0.2) is 18.0 Å². The molecule has 0 aliphatic carbocycles. The molecule has 1 fully saturated rings. The Labute approximate surface area is 257 Å². The Morgan fingerprint density at radius 2 is 1.62 bits per heavy atom. The van der Waals surface area contributed by atoms with Gasteiger partial charge in [-0.05, 0) is 37.6 Å². The summed E-state index contributed by atoms with van der Waals surface area (Å²) in [7, 11) is -2.98. The first-order chi connectivity index (χ1) is 21.1. The number of nitrogens with one attached hydrogen (secondary N) is 1. The highest BCUT2D eigenvalue weighted by Crippen LogP contribution is 2.40. The molecule has 0 aromatic heterocycles. The largest absolute Gasteiger partial charge is 0.466 e. The number of carbonyl (C=O) groups is 2. The third kappa shape index (κ3) is 7.34. The fourth-order valence-electron chi connectivity index (χ4n) is 5.32. The monoisotopic (exact) mass is 652 g/mol. The number of carbonyl (C=O) groups excluding carboxylic acids is 2. The second-order valence-electron chi connectivity index (χ2n) is 10.4. The fourth-order valence-corrected chi connectivity index (χ4v) is 6.79. The van der Waals surface area contributed by atoms with Gasteiger partial charge in [0.1, 0.15) is 6.61 Å². The summed E-state index contributed by atoms with van der Waals surface area (Å²) in [5.74, 6) is -2.51. The molecule has 1 saturated heterocycles. The minimum atomic E-state index is -4.68. The summed E-state index contributed by atoms with van der Waals surface area (Å²) < 4.78 is 76.9. The number of methoxy groups -OCH3 is 1. The molecule has 0 saturated carbocycles. The van der Waals surface area contributed by atoms with Crippen molar-refractivity contribution in [3.8, 4) is 0 Å². The van der Waals surface area contributed by atoms with Crippen LogP contribution in [0.2, 0.25) is 0 Å². The smallest absolute Gasteiger partial charge is 0.416 e. The lowest BCUT2D eigenvalue weighted by Gasteiger charge is -2.34. The lowest BCUT2D eigenvalue weighted by Crippen LogP contribution is -2.49. The number of hydrogen-bond donors (Lipinski definition) is 1. The van der Waals surface area contributed by atoms with Gasteiger partial charge in [-0.1, -0.05) is 18.2 Å². The number of hydrogen-bond acceptors (Lipinski definition) is 10. The molecule has 242 valence electrons. The van der Waals surface area contributed by atoms with Crippen LogP contribution < -0.4 is 5.32 Å². The lowest BCUT2D eigenvalue weighted by atomic mass is 9.80. The van der Waals surface area contributed by atoms with Crippen LogP contribution in [0.5, 0.6) is 0 Å². The Morgan fingerprint density at radius 3 is 2.22 bits per heavy atom. The average Bonchev–Trinajstić information content (AvgIpc) is 3.00. The van der Waals surface area contributed by atoms with E-state index in [9.17, 15) is 41.3 Å². The number of halogens is 3. The highest BCUT2D eigenvalue weighted by Gasteiger charge is 2.39. The van der Waals surface area contributed by atoms with Gasteiger partial charge < -0.3 is 14.8 Å². The first kappa shape index (κ1) is 33.6. The van der Waals surface area contributed by atoms with Crippen LogP contribution in [0, 0.1) is 10.1 Å². The molecule has 2 aliphatic rings. The zero-order chi connectivity index (χ0) is 33.1. The normalized spacial score (nSPS) is 18.4. The van der Waals surface area contributed by atoms with E-state index in [1.165, 1.54) is 25.3 Å². The van der Waals surface area contributed by atoms with Crippen LogP contribution in [-0.2, 0) is 35.3 Å². The molecule has 2 aromatic carbocycles. The molecule has 16 heteroatoms. The average molecular weight is 653 g/mol. The molecule has 2 heterocycles. The van der Waals surface area contributed by atoms with Gasteiger partial charge in [0, 0.05) is 56.3 Å².